The van der Waals surface area contributed by atoms with Crippen LogP contribution in [0.2, 0.25) is 5.02 Å². The molecule has 0 unspecified atom stereocenters. The third kappa shape index (κ3) is 3.08. The first kappa shape index (κ1) is 17.1. The van der Waals surface area contributed by atoms with Crippen LogP contribution in [-0.4, -0.2) is 20.6 Å². The summed E-state index contributed by atoms with van der Waals surface area (Å²) in [5.74, 6) is 0.198. The highest BCUT2D eigenvalue weighted by Crippen LogP contribution is 2.41. The van der Waals surface area contributed by atoms with Crippen LogP contribution in [0.1, 0.15) is 37.2 Å². The summed E-state index contributed by atoms with van der Waals surface area (Å²) < 4.78 is 16.0. The second-order valence-corrected chi connectivity index (χ2v) is 7.17. The Morgan fingerprint density at radius 2 is 2.00 bits per heavy atom. The number of nitrogen functional groups attached to an aromatic ring is 1. The van der Waals surface area contributed by atoms with Gasteiger partial charge in [0.2, 0.25) is 0 Å². The van der Waals surface area contributed by atoms with Gasteiger partial charge in [0.15, 0.2) is 5.65 Å². The van der Waals surface area contributed by atoms with Crippen LogP contribution in [-0.2, 0) is 0 Å². The van der Waals surface area contributed by atoms with Crippen LogP contribution in [0.25, 0.3) is 5.65 Å². The van der Waals surface area contributed by atoms with Crippen molar-refractivity contribution in [2.24, 2.45) is 5.73 Å². The third-order valence-electron chi connectivity index (χ3n) is 4.98. The van der Waals surface area contributed by atoms with Gasteiger partial charge in [-0.25, -0.2) is 13.9 Å². The Kier molecular flexibility index (Phi) is 4.42. The third-order valence-corrected chi connectivity index (χ3v) is 5.21. The van der Waals surface area contributed by atoms with Gasteiger partial charge in [0, 0.05) is 29.0 Å². The Bertz CT molecular complexity index is 948. The molecule has 0 spiro atoms. The van der Waals surface area contributed by atoms with Gasteiger partial charge in [-0.2, -0.15) is 0 Å². The number of nitrogens with two attached hydrogens (primary N) is 2. The molecule has 0 bridgehead atoms. The minimum Gasteiger partial charge on any atom is -0.382 e. The molecule has 3 aromatic rings. The Balaban J connectivity index is 1.82. The minimum absolute atomic E-state index is 0.210. The predicted octanol–water partition coefficient (Wildman–Crippen LogP) is 3.83. The molecule has 0 aliphatic heterocycles. The van der Waals surface area contributed by atoms with Gasteiger partial charge in [-0.1, -0.05) is 11.6 Å². The molecule has 136 valence electrons. The Labute approximate surface area is 155 Å². The summed E-state index contributed by atoms with van der Waals surface area (Å²) in [7, 11) is 0. The molecule has 1 aliphatic rings. The molecule has 1 aromatic carbocycles. The average molecular weight is 375 g/mol. The molecule has 26 heavy (non-hydrogen) atoms. The molecular formula is C18H20ClFN6. The van der Waals surface area contributed by atoms with Crippen LogP contribution >= 0.6 is 11.6 Å². The molecule has 1 fully saturated rings. The number of hydrogen-bond donors (Lipinski definition) is 3. The topological polar surface area (TPSA) is 94.3 Å². The van der Waals surface area contributed by atoms with Crippen molar-refractivity contribution in [3.8, 4) is 0 Å². The zero-order valence-electron chi connectivity index (χ0n) is 14.1. The standard InChI is InChI=1S/C18H20ClFN6/c19-11-3-6-14(13(20)9-11)24-16-15(10-1-4-12(21)5-2-10)17(22)25-26-8-7-23-18(16)26/h3,6-10,12,24H,1-2,4-5,21H2,(H2,22,25). The van der Waals surface area contributed by atoms with Gasteiger partial charge in [-0.15, -0.1) is 5.10 Å². The summed E-state index contributed by atoms with van der Waals surface area (Å²) in [6.45, 7) is 0. The first-order valence-corrected chi connectivity index (χ1v) is 9.01. The number of fused-ring (bicyclic) bond motifs is 1. The Morgan fingerprint density at radius 1 is 1.23 bits per heavy atom. The number of aromatic nitrogens is 3. The lowest BCUT2D eigenvalue weighted by molar-refractivity contribution is 0.396. The molecule has 1 aliphatic carbocycles. The molecule has 8 heteroatoms. The van der Waals surface area contributed by atoms with E-state index in [1.165, 1.54) is 6.07 Å². The average Bonchev–Trinajstić information content (AvgIpc) is 3.06. The van der Waals surface area contributed by atoms with Crippen molar-refractivity contribution in [2.45, 2.75) is 37.6 Å². The van der Waals surface area contributed by atoms with E-state index in [1.807, 2.05) is 0 Å². The minimum atomic E-state index is -0.436. The van der Waals surface area contributed by atoms with Gasteiger partial charge in [0.05, 0.1) is 11.4 Å². The number of anilines is 3. The lowest BCUT2D eigenvalue weighted by atomic mass is 9.81. The maximum atomic E-state index is 14.4. The quantitative estimate of drug-likeness (QED) is 0.647. The molecule has 0 atom stereocenters. The molecule has 6 nitrogen and oxygen atoms in total. The number of hydrogen-bond acceptors (Lipinski definition) is 5. The summed E-state index contributed by atoms with van der Waals surface area (Å²) in [5.41, 5.74) is 14.8. The van der Waals surface area contributed by atoms with Gasteiger partial charge < -0.3 is 16.8 Å². The van der Waals surface area contributed by atoms with Crippen molar-refractivity contribution in [1.29, 1.82) is 0 Å². The summed E-state index contributed by atoms with van der Waals surface area (Å²) in [5, 5.41) is 7.94. The van der Waals surface area contributed by atoms with E-state index in [0.29, 0.717) is 27.9 Å². The number of imidazole rings is 1. The van der Waals surface area contributed by atoms with Gasteiger partial charge in [-0.05, 0) is 49.8 Å². The SMILES string of the molecule is Nc1nn2ccnc2c(Nc2ccc(Cl)cc2F)c1C1CCC(N)CC1. The fraction of sp³-hybridized carbons (Fsp3) is 0.333. The molecule has 1 saturated carbocycles. The van der Waals surface area contributed by atoms with Crippen LogP contribution in [0, 0.1) is 5.82 Å². The molecule has 0 saturated heterocycles. The highest BCUT2D eigenvalue weighted by atomic mass is 35.5. The normalized spacial score (nSPS) is 20.4. The summed E-state index contributed by atoms with van der Waals surface area (Å²) in [4.78, 5) is 4.38. The van der Waals surface area contributed by atoms with Crippen LogP contribution in [0.5, 0.6) is 0 Å². The van der Waals surface area contributed by atoms with Crippen molar-refractivity contribution in [3.05, 3.63) is 47.0 Å². The maximum absolute atomic E-state index is 14.4. The van der Waals surface area contributed by atoms with Crippen LogP contribution in [0.3, 0.4) is 0 Å². The van der Waals surface area contributed by atoms with Gasteiger partial charge in [0.1, 0.15) is 11.6 Å². The van der Waals surface area contributed by atoms with Crippen molar-refractivity contribution in [3.63, 3.8) is 0 Å². The fourth-order valence-electron chi connectivity index (χ4n) is 3.64. The van der Waals surface area contributed by atoms with E-state index in [-0.39, 0.29) is 12.0 Å². The van der Waals surface area contributed by atoms with Crippen molar-refractivity contribution in [2.75, 3.05) is 11.1 Å². The Hall–Kier alpha value is -2.38. The van der Waals surface area contributed by atoms with E-state index in [2.05, 4.69) is 15.4 Å². The molecular weight excluding hydrogens is 355 g/mol. The number of halogens is 2. The van der Waals surface area contributed by atoms with Gasteiger partial charge in [-0.3, -0.25) is 0 Å². The zero-order chi connectivity index (χ0) is 18.3. The van der Waals surface area contributed by atoms with E-state index in [9.17, 15) is 4.39 Å². The van der Waals surface area contributed by atoms with Crippen molar-refractivity contribution < 1.29 is 4.39 Å². The predicted molar refractivity (Wildman–Crippen MR) is 101 cm³/mol. The number of rotatable bonds is 3. The van der Waals surface area contributed by atoms with Gasteiger partial charge in [0.25, 0.3) is 0 Å². The first-order chi connectivity index (χ1) is 12.5. The highest BCUT2D eigenvalue weighted by molar-refractivity contribution is 6.30. The molecule has 5 N–H and O–H groups in total. The molecule has 2 heterocycles. The van der Waals surface area contributed by atoms with Crippen LogP contribution in [0.15, 0.2) is 30.6 Å². The van der Waals surface area contributed by atoms with Crippen LogP contribution in [0.4, 0.5) is 21.6 Å². The summed E-state index contributed by atoms with van der Waals surface area (Å²) in [6.07, 6.45) is 7.06. The van der Waals surface area contributed by atoms with E-state index in [0.717, 1.165) is 31.2 Å². The largest absolute Gasteiger partial charge is 0.382 e. The molecule has 2 aromatic heterocycles. The fourth-order valence-corrected chi connectivity index (χ4v) is 3.80. The van der Waals surface area contributed by atoms with Crippen molar-refractivity contribution >= 4 is 34.4 Å². The van der Waals surface area contributed by atoms with E-state index in [4.69, 9.17) is 23.1 Å². The molecule has 0 amide bonds. The number of nitrogens with one attached hydrogen (secondary N) is 1. The smallest absolute Gasteiger partial charge is 0.177 e. The summed E-state index contributed by atoms with van der Waals surface area (Å²) in [6, 6.07) is 4.74. The summed E-state index contributed by atoms with van der Waals surface area (Å²) >= 11 is 5.86. The van der Waals surface area contributed by atoms with E-state index >= 15 is 0 Å². The Morgan fingerprint density at radius 3 is 2.73 bits per heavy atom. The van der Waals surface area contributed by atoms with E-state index < -0.39 is 5.82 Å². The maximum Gasteiger partial charge on any atom is 0.177 e. The monoisotopic (exact) mass is 374 g/mol. The number of nitrogens with zero attached hydrogens (tertiary/aromatic N) is 3. The molecule has 4 rings (SSSR count). The lowest BCUT2D eigenvalue weighted by Gasteiger charge is -2.28. The lowest BCUT2D eigenvalue weighted by Crippen LogP contribution is -2.26. The number of benzene rings is 1. The van der Waals surface area contributed by atoms with Crippen molar-refractivity contribution in [1.82, 2.24) is 14.6 Å². The zero-order valence-corrected chi connectivity index (χ0v) is 14.9. The van der Waals surface area contributed by atoms with E-state index in [1.54, 1.807) is 29.0 Å². The molecule has 0 radical (unpaired) electrons. The second kappa shape index (κ2) is 6.74. The first-order valence-electron chi connectivity index (χ1n) is 8.63. The highest BCUT2D eigenvalue weighted by Gasteiger charge is 2.27. The van der Waals surface area contributed by atoms with Crippen LogP contribution < -0.4 is 16.8 Å². The van der Waals surface area contributed by atoms with Gasteiger partial charge >= 0.3 is 0 Å². The second-order valence-electron chi connectivity index (χ2n) is 6.73.